The van der Waals surface area contributed by atoms with Gasteiger partial charge in [0.1, 0.15) is 0 Å². The van der Waals surface area contributed by atoms with Crippen LogP contribution in [0.2, 0.25) is 0 Å². The summed E-state index contributed by atoms with van der Waals surface area (Å²) in [5, 5.41) is 10.2. The molecule has 0 spiro atoms. The molecular weight excluding hydrogens is 288 g/mol. The summed E-state index contributed by atoms with van der Waals surface area (Å²) in [4.78, 5) is 16.4. The average molecular weight is 302 g/mol. The van der Waals surface area contributed by atoms with Crippen LogP contribution in [0.15, 0.2) is 48.5 Å². The van der Waals surface area contributed by atoms with E-state index in [-0.39, 0.29) is 5.78 Å². The Morgan fingerprint density at radius 1 is 0.957 bits per heavy atom. The van der Waals surface area contributed by atoms with Crippen LogP contribution in [0.5, 0.6) is 0 Å². The normalized spacial score (nSPS) is 11.2. The van der Waals surface area contributed by atoms with Crippen molar-refractivity contribution in [2.75, 3.05) is 0 Å². The van der Waals surface area contributed by atoms with Gasteiger partial charge < -0.3 is 0 Å². The van der Waals surface area contributed by atoms with Crippen LogP contribution in [-0.2, 0) is 0 Å². The highest BCUT2D eigenvalue weighted by Gasteiger charge is 2.18. The van der Waals surface area contributed by atoms with Gasteiger partial charge in [-0.2, -0.15) is 0 Å². The van der Waals surface area contributed by atoms with Crippen molar-refractivity contribution in [2.24, 2.45) is 0 Å². The molecule has 4 rings (SSSR count). The van der Waals surface area contributed by atoms with E-state index in [4.69, 9.17) is 4.98 Å². The minimum Gasteiger partial charge on any atom is -0.293 e. The van der Waals surface area contributed by atoms with Gasteiger partial charge in [0.15, 0.2) is 11.5 Å². The summed E-state index contributed by atoms with van der Waals surface area (Å²) in [5.74, 6) is -0.0867. The molecule has 0 saturated carbocycles. The largest absolute Gasteiger partial charge is 0.293 e. The van der Waals surface area contributed by atoms with Gasteiger partial charge >= 0.3 is 0 Å². The molecule has 0 saturated heterocycles. The van der Waals surface area contributed by atoms with Gasteiger partial charge in [-0.25, -0.2) is 9.67 Å². The second-order valence-electron chi connectivity index (χ2n) is 5.49. The molecule has 0 amide bonds. The van der Waals surface area contributed by atoms with E-state index in [0.29, 0.717) is 5.69 Å². The summed E-state index contributed by atoms with van der Waals surface area (Å²) in [5.41, 5.74) is 3.82. The van der Waals surface area contributed by atoms with Gasteiger partial charge in [-0.1, -0.05) is 41.6 Å². The van der Waals surface area contributed by atoms with Crippen molar-refractivity contribution in [2.45, 2.75) is 13.8 Å². The fourth-order valence-corrected chi connectivity index (χ4v) is 2.91. The molecule has 0 radical (unpaired) electrons. The fourth-order valence-electron chi connectivity index (χ4n) is 2.91. The molecule has 5 nitrogen and oxygen atoms in total. The predicted molar refractivity (Wildman–Crippen MR) is 88.9 cm³/mol. The highest BCUT2D eigenvalue weighted by atomic mass is 16.1. The van der Waals surface area contributed by atoms with Gasteiger partial charge in [-0.3, -0.25) is 4.79 Å². The maximum Gasteiger partial charge on any atom is 0.181 e. The number of para-hydroxylation sites is 2. The summed E-state index contributed by atoms with van der Waals surface area (Å²) >= 11 is 0. The Balaban J connectivity index is 2.17. The fraction of sp³-hybridized carbons (Fsp3) is 0.111. The number of hydrogen-bond acceptors (Lipinski definition) is 4. The highest BCUT2D eigenvalue weighted by Crippen LogP contribution is 2.29. The number of pyridine rings is 1. The molecular formula is C18H14N4O. The third-order valence-corrected chi connectivity index (χ3v) is 4.00. The van der Waals surface area contributed by atoms with E-state index >= 15 is 0 Å². The van der Waals surface area contributed by atoms with Crippen LogP contribution in [-0.4, -0.2) is 25.8 Å². The Bertz CT molecular complexity index is 1010. The minimum atomic E-state index is -0.0867. The lowest BCUT2D eigenvalue weighted by Crippen LogP contribution is -2.04. The molecule has 23 heavy (non-hydrogen) atoms. The van der Waals surface area contributed by atoms with E-state index in [1.807, 2.05) is 55.5 Å². The van der Waals surface area contributed by atoms with E-state index in [0.717, 1.165) is 33.2 Å². The van der Waals surface area contributed by atoms with Gasteiger partial charge in [0.05, 0.1) is 22.4 Å². The number of aromatic nitrogens is 4. The van der Waals surface area contributed by atoms with Crippen molar-refractivity contribution < 1.29 is 4.79 Å². The molecule has 0 aliphatic rings. The first kappa shape index (κ1) is 13.6. The van der Waals surface area contributed by atoms with Crippen LogP contribution >= 0.6 is 0 Å². The number of ketones is 1. The van der Waals surface area contributed by atoms with Crippen molar-refractivity contribution in [3.8, 4) is 5.69 Å². The first-order valence-corrected chi connectivity index (χ1v) is 7.38. The van der Waals surface area contributed by atoms with E-state index in [1.165, 1.54) is 6.92 Å². The number of benzene rings is 2. The lowest BCUT2D eigenvalue weighted by molar-refractivity contribution is 0.101. The monoisotopic (exact) mass is 302 g/mol. The zero-order valence-electron chi connectivity index (χ0n) is 12.8. The first-order valence-electron chi connectivity index (χ1n) is 7.38. The summed E-state index contributed by atoms with van der Waals surface area (Å²) in [7, 11) is 0. The lowest BCUT2D eigenvalue weighted by Gasteiger charge is -2.11. The van der Waals surface area contributed by atoms with Crippen molar-refractivity contribution in [1.29, 1.82) is 0 Å². The van der Waals surface area contributed by atoms with Crippen molar-refractivity contribution in [3.05, 3.63) is 59.9 Å². The maximum absolute atomic E-state index is 11.7. The van der Waals surface area contributed by atoms with E-state index < -0.39 is 0 Å². The molecule has 0 fully saturated rings. The molecule has 0 N–H and O–H groups in total. The Morgan fingerprint density at radius 3 is 2.04 bits per heavy atom. The van der Waals surface area contributed by atoms with Gasteiger partial charge in [0.25, 0.3) is 0 Å². The zero-order valence-corrected chi connectivity index (χ0v) is 12.8. The van der Waals surface area contributed by atoms with Crippen molar-refractivity contribution in [1.82, 2.24) is 20.0 Å². The molecule has 112 valence electrons. The first-order chi connectivity index (χ1) is 11.2. The summed E-state index contributed by atoms with van der Waals surface area (Å²) in [6, 6.07) is 15.8. The third kappa shape index (κ3) is 2.01. The maximum atomic E-state index is 11.7. The molecule has 0 bridgehead atoms. The molecule has 2 heterocycles. The number of carbonyl (C=O) groups excluding carboxylic acids is 1. The van der Waals surface area contributed by atoms with Crippen LogP contribution in [0.25, 0.3) is 27.5 Å². The van der Waals surface area contributed by atoms with Crippen LogP contribution in [0, 0.1) is 6.92 Å². The van der Waals surface area contributed by atoms with E-state index in [2.05, 4.69) is 10.3 Å². The van der Waals surface area contributed by atoms with E-state index in [9.17, 15) is 4.79 Å². The second-order valence-corrected chi connectivity index (χ2v) is 5.49. The quantitative estimate of drug-likeness (QED) is 0.420. The summed E-state index contributed by atoms with van der Waals surface area (Å²) < 4.78 is 1.74. The van der Waals surface area contributed by atoms with Crippen molar-refractivity contribution in [3.63, 3.8) is 0 Å². The minimum absolute atomic E-state index is 0.0867. The van der Waals surface area contributed by atoms with Gasteiger partial charge in [0.2, 0.25) is 0 Å². The summed E-state index contributed by atoms with van der Waals surface area (Å²) in [6.07, 6.45) is 0. The molecule has 0 aliphatic heterocycles. The number of nitrogens with zero attached hydrogens (tertiary/aromatic N) is 4. The standard InChI is InChI=1S/C18H14N4O/c1-11-17(12(2)23)20-21-22(11)18-13-7-3-5-9-15(13)19-16-10-6-4-8-14(16)18/h3-10H,1-2H3. The van der Waals surface area contributed by atoms with Crippen LogP contribution in [0.3, 0.4) is 0 Å². The molecule has 2 aromatic carbocycles. The Kier molecular flexibility index (Phi) is 2.94. The predicted octanol–water partition coefficient (Wildman–Crippen LogP) is 3.48. The topological polar surface area (TPSA) is 60.7 Å². The zero-order chi connectivity index (χ0) is 16.0. The van der Waals surface area contributed by atoms with Crippen LogP contribution in [0.4, 0.5) is 0 Å². The van der Waals surface area contributed by atoms with Crippen LogP contribution in [0.1, 0.15) is 23.1 Å². The van der Waals surface area contributed by atoms with Gasteiger partial charge in [-0.05, 0) is 19.1 Å². The smallest absolute Gasteiger partial charge is 0.181 e. The average Bonchev–Trinajstić information content (AvgIpc) is 2.94. The highest BCUT2D eigenvalue weighted by molar-refractivity contribution is 6.03. The Hall–Kier alpha value is -3.08. The number of rotatable bonds is 2. The molecule has 2 aromatic heterocycles. The molecule has 0 unspecified atom stereocenters. The lowest BCUT2D eigenvalue weighted by atomic mass is 10.1. The molecule has 0 aliphatic carbocycles. The third-order valence-electron chi connectivity index (χ3n) is 4.00. The molecule has 0 atom stereocenters. The second kappa shape index (κ2) is 4.98. The van der Waals surface area contributed by atoms with Crippen molar-refractivity contribution >= 4 is 27.6 Å². The number of fused-ring (bicyclic) bond motifs is 2. The number of Topliss-reactive ketones (excluding diaryl/α,β-unsaturated/α-hetero) is 1. The summed E-state index contributed by atoms with van der Waals surface area (Å²) in [6.45, 7) is 3.37. The van der Waals surface area contributed by atoms with Crippen LogP contribution < -0.4 is 0 Å². The Morgan fingerprint density at radius 2 is 1.52 bits per heavy atom. The molecule has 4 aromatic rings. The SMILES string of the molecule is CC(=O)c1nnn(-c2c3ccccc3nc3ccccc23)c1C. The molecule has 5 heteroatoms. The van der Waals surface area contributed by atoms with Gasteiger partial charge in [0, 0.05) is 17.7 Å². The Labute approximate surface area is 132 Å². The van der Waals surface area contributed by atoms with Gasteiger partial charge in [-0.15, -0.1) is 5.10 Å². The number of carbonyl (C=O) groups is 1. The van der Waals surface area contributed by atoms with E-state index in [1.54, 1.807) is 4.68 Å². The number of hydrogen-bond donors (Lipinski definition) is 0.